The van der Waals surface area contributed by atoms with Crippen molar-refractivity contribution in [3.8, 4) is 0 Å². The van der Waals surface area contributed by atoms with Crippen molar-refractivity contribution in [3.05, 3.63) is 10.8 Å². The van der Waals surface area contributed by atoms with Crippen molar-refractivity contribution in [2.75, 3.05) is 29.9 Å². The van der Waals surface area contributed by atoms with E-state index in [1.165, 1.54) is 6.33 Å². The molecule has 0 aliphatic heterocycles. The molecule has 0 saturated carbocycles. The zero-order valence-corrected chi connectivity index (χ0v) is 13.6. The fourth-order valence-electron chi connectivity index (χ4n) is 1.74. The number of rotatable bonds is 9. The number of primary amides is 1. The fraction of sp³-hybridized carbons (Fsp3) is 0.615. The molecule has 1 aromatic heterocycles. The molecule has 0 aliphatic carbocycles. The monoisotopic (exact) mass is 343 g/mol. The lowest BCUT2D eigenvalue weighted by atomic mass is 10.3. The van der Waals surface area contributed by atoms with Crippen LogP contribution in [0, 0.1) is 0 Å². The van der Waals surface area contributed by atoms with Crippen molar-refractivity contribution in [2.24, 2.45) is 5.73 Å². The number of nitrogens with zero attached hydrogens (tertiary/aromatic N) is 3. The van der Waals surface area contributed by atoms with Gasteiger partial charge in [-0.25, -0.2) is 9.97 Å². The van der Waals surface area contributed by atoms with Crippen LogP contribution in [0.1, 0.15) is 33.1 Å². The molecule has 0 bridgehead atoms. The van der Waals surface area contributed by atoms with Crippen LogP contribution in [0.3, 0.4) is 0 Å². The minimum absolute atomic E-state index is 0.156. The van der Waals surface area contributed by atoms with E-state index in [0.29, 0.717) is 5.82 Å². The lowest BCUT2D eigenvalue weighted by molar-refractivity contribution is -0.116. The summed E-state index contributed by atoms with van der Waals surface area (Å²) in [7, 11) is 0. The van der Waals surface area contributed by atoms with Gasteiger partial charge in [-0.2, -0.15) is 0 Å². The van der Waals surface area contributed by atoms with E-state index in [4.69, 9.17) is 5.73 Å². The number of halogens is 1. The third kappa shape index (κ3) is 4.96. The van der Waals surface area contributed by atoms with E-state index in [9.17, 15) is 4.79 Å². The molecule has 0 fully saturated rings. The summed E-state index contributed by atoms with van der Waals surface area (Å²) in [5.41, 5.74) is 5.32. The predicted octanol–water partition coefficient (Wildman–Crippen LogP) is 2.15. The molecule has 0 radical (unpaired) electrons. The number of anilines is 2. The molecular formula is C13H22BrN5O. The maximum absolute atomic E-state index is 11.2. The Bertz CT molecular complexity index is 441. The molecule has 0 unspecified atom stereocenters. The summed E-state index contributed by atoms with van der Waals surface area (Å²) >= 11 is 3.51. The Kier molecular flexibility index (Phi) is 7.28. The van der Waals surface area contributed by atoms with Crippen molar-refractivity contribution < 1.29 is 4.79 Å². The van der Waals surface area contributed by atoms with Crippen LogP contribution in [0.2, 0.25) is 0 Å². The van der Waals surface area contributed by atoms with Gasteiger partial charge < -0.3 is 16.0 Å². The van der Waals surface area contributed by atoms with Gasteiger partial charge in [0.05, 0.1) is 6.54 Å². The molecule has 112 valence electrons. The number of amides is 1. The van der Waals surface area contributed by atoms with Crippen LogP contribution in [0.4, 0.5) is 11.6 Å². The normalized spacial score (nSPS) is 10.3. The van der Waals surface area contributed by atoms with E-state index in [1.54, 1.807) is 0 Å². The third-order valence-corrected chi connectivity index (χ3v) is 3.47. The number of aromatic nitrogens is 2. The summed E-state index contributed by atoms with van der Waals surface area (Å²) in [6.45, 7) is 5.92. The highest BCUT2D eigenvalue weighted by molar-refractivity contribution is 9.10. The Morgan fingerprint density at radius 1 is 1.40 bits per heavy atom. The molecule has 1 rings (SSSR count). The van der Waals surface area contributed by atoms with Gasteiger partial charge in [-0.05, 0) is 28.8 Å². The summed E-state index contributed by atoms with van der Waals surface area (Å²) in [6, 6.07) is 0. The first kappa shape index (κ1) is 16.7. The van der Waals surface area contributed by atoms with Gasteiger partial charge in [0.1, 0.15) is 22.4 Å². The van der Waals surface area contributed by atoms with Crippen LogP contribution in [0.15, 0.2) is 10.8 Å². The second-order valence-electron chi connectivity index (χ2n) is 4.53. The highest BCUT2D eigenvalue weighted by Gasteiger charge is 2.16. The zero-order valence-electron chi connectivity index (χ0n) is 12.0. The van der Waals surface area contributed by atoms with E-state index in [0.717, 1.165) is 42.6 Å². The Morgan fingerprint density at radius 3 is 2.75 bits per heavy atom. The Hall–Kier alpha value is -1.37. The number of carbonyl (C=O) groups excluding carboxylic acids is 1. The van der Waals surface area contributed by atoms with Crippen molar-refractivity contribution >= 4 is 33.5 Å². The molecule has 6 nitrogen and oxygen atoms in total. The Balaban J connectivity index is 2.96. The van der Waals surface area contributed by atoms with Crippen molar-refractivity contribution in [3.63, 3.8) is 0 Å². The van der Waals surface area contributed by atoms with Crippen molar-refractivity contribution in [2.45, 2.75) is 33.1 Å². The van der Waals surface area contributed by atoms with Crippen LogP contribution < -0.4 is 16.0 Å². The third-order valence-electron chi connectivity index (χ3n) is 2.74. The molecule has 0 atom stereocenters. The van der Waals surface area contributed by atoms with Gasteiger partial charge in [0.15, 0.2) is 0 Å². The van der Waals surface area contributed by atoms with Gasteiger partial charge in [-0.3, -0.25) is 4.79 Å². The number of carbonyl (C=O) groups is 1. The van der Waals surface area contributed by atoms with Gasteiger partial charge in [-0.1, -0.05) is 20.3 Å². The molecule has 1 heterocycles. The molecule has 0 saturated heterocycles. The van der Waals surface area contributed by atoms with E-state index >= 15 is 0 Å². The minimum Gasteiger partial charge on any atom is -0.369 e. The van der Waals surface area contributed by atoms with Crippen molar-refractivity contribution in [1.29, 1.82) is 0 Å². The first-order valence-electron chi connectivity index (χ1n) is 6.87. The van der Waals surface area contributed by atoms with Gasteiger partial charge in [0, 0.05) is 13.1 Å². The first-order valence-corrected chi connectivity index (χ1v) is 7.67. The van der Waals surface area contributed by atoms with Gasteiger partial charge >= 0.3 is 0 Å². The maximum atomic E-state index is 11.2. The first-order chi connectivity index (χ1) is 9.60. The topological polar surface area (TPSA) is 84.1 Å². The van der Waals surface area contributed by atoms with E-state index < -0.39 is 0 Å². The number of nitrogens with one attached hydrogen (secondary N) is 1. The molecule has 0 aliphatic rings. The van der Waals surface area contributed by atoms with E-state index in [1.807, 2.05) is 4.90 Å². The average Bonchev–Trinajstić information content (AvgIpc) is 2.42. The smallest absolute Gasteiger partial charge is 0.236 e. The number of nitrogens with two attached hydrogens (primary N) is 1. The van der Waals surface area contributed by atoms with Gasteiger partial charge in [0.25, 0.3) is 0 Å². The summed E-state index contributed by atoms with van der Waals surface area (Å²) in [5.74, 6) is 1.07. The Labute approximate surface area is 128 Å². The quantitative estimate of drug-likeness (QED) is 0.717. The summed E-state index contributed by atoms with van der Waals surface area (Å²) < 4.78 is 0.769. The minimum atomic E-state index is -0.366. The molecule has 3 N–H and O–H groups in total. The van der Waals surface area contributed by atoms with Gasteiger partial charge in [0.2, 0.25) is 5.91 Å². The largest absolute Gasteiger partial charge is 0.369 e. The Morgan fingerprint density at radius 2 is 2.15 bits per heavy atom. The SMILES string of the molecule is CCCCN(CC(N)=O)c1ncnc(NCCC)c1Br. The standard InChI is InChI=1S/C13H22BrN5O/c1-3-5-7-19(8-10(15)20)13-11(14)12(16-6-4-2)17-9-18-13/h9H,3-8H2,1-2H3,(H2,15,20)(H,16,17,18). The predicted molar refractivity (Wildman–Crippen MR) is 84.8 cm³/mol. The van der Waals surface area contributed by atoms with Gasteiger partial charge in [-0.15, -0.1) is 0 Å². The highest BCUT2D eigenvalue weighted by Crippen LogP contribution is 2.29. The second-order valence-corrected chi connectivity index (χ2v) is 5.32. The molecular weight excluding hydrogens is 322 g/mol. The van der Waals surface area contributed by atoms with E-state index in [-0.39, 0.29) is 12.5 Å². The maximum Gasteiger partial charge on any atom is 0.236 e. The van der Waals surface area contributed by atoms with Crippen LogP contribution in [-0.4, -0.2) is 35.5 Å². The van der Waals surface area contributed by atoms with Crippen LogP contribution in [-0.2, 0) is 4.79 Å². The molecule has 0 spiro atoms. The number of hydrogen-bond donors (Lipinski definition) is 2. The molecule has 7 heteroatoms. The van der Waals surface area contributed by atoms with Crippen molar-refractivity contribution in [1.82, 2.24) is 9.97 Å². The average molecular weight is 344 g/mol. The molecule has 20 heavy (non-hydrogen) atoms. The zero-order chi connectivity index (χ0) is 15.0. The summed E-state index contributed by atoms with van der Waals surface area (Å²) in [4.78, 5) is 21.6. The lowest BCUT2D eigenvalue weighted by Gasteiger charge is -2.23. The molecule has 0 aromatic carbocycles. The van der Waals surface area contributed by atoms with Crippen LogP contribution >= 0.6 is 15.9 Å². The number of hydrogen-bond acceptors (Lipinski definition) is 5. The second kappa shape index (κ2) is 8.73. The highest BCUT2D eigenvalue weighted by atomic mass is 79.9. The molecule has 1 amide bonds. The fourth-order valence-corrected chi connectivity index (χ4v) is 2.34. The van der Waals surface area contributed by atoms with Crippen LogP contribution in [0.5, 0.6) is 0 Å². The van der Waals surface area contributed by atoms with Crippen LogP contribution in [0.25, 0.3) is 0 Å². The lowest BCUT2D eigenvalue weighted by Crippen LogP contribution is -2.35. The summed E-state index contributed by atoms with van der Waals surface area (Å²) in [6.07, 6.45) is 4.52. The number of unbranched alkanes of at least 4 members (excludes halogenated alkanes) is 1. The summed E-state index contributed by atoms with van der Waals surface area (Å²) in [5, 5.41) is 3.23. The van der Waals surface area contributed by atoms with E-state index in [2.05, 4.69) is 45.1 Å². The molecule has 1 aromatic rings.